The molecule has 0 radical (unpaired) electrons. The monoisotopic (exact) mass is 351 g/mol. The standard InChI is InChI=1S/C21H21NO4/c1-13-8-9-16(10-14(13)2)15(3)22-20(23)12-25-21(24)19-11-17-6-4-5-7-18(17)26-19/h4-11,15H,12H2,1-3H3,(H,22,23)/t15-/m1/s1. The first-order valence-electron chi connectivity index (χ1n) is 8.46. The van der Waals surface area contributed by atoms with Gasteiger partial charge in [-0.05, 0) is 49.6 Å². The molecule has 1 N–H and O–H groups in total. The highest BCUT2D eigenvalue weighted by Crippen LogP contribution is 2.19. The van der Waals surface area contributed by atoms with Crippen molar-refractivity contribution in [3.63, 3.8) is 0 Å². The van der Waals surface area contributed by atoms with E-state index in [0.717, 1.165) is 10.9 Å². The van der Waals surface area contributed by atoms with Crippen LogP contribution in [0.2, 0.25) is 0 Å². The molecule has 1 aromatic heterocycles. The number of fused-ring (bicyclic) bond motifs is 1. The Morgan fingerprint density at radius 1 is 1.08 bits per heavy atom. The van der Waals surface area contributed by atoms with Crippen LogP contribution in [0.4, 0.5) is 0 Å². The highest BCUT2D eigenvalue weighted by Gasteiger charge is 2.16. The van der Waals surface area contributed by atoms with Gasteiger partial charge >= 0.3 is 5.97 Å². The van der Waals surface area contributed by atoms with E-state index in [1.54, 1.807) is 12.1 Å². The number of benzene rings is 2. The van der Waals surface area contributed by atoms with E-state index in [4.69, 9.17) is 9.15 Å². The molecule has 5 nitrogen and oxygen atoms in total. The smallest absolute Gasteiger partial charge is 0.374 e. The third-order valence-corrected chi connectivity index (χ3v) is 4.37. The first kappa shape index (κ1) is 17.7. The Morgan fingerprint density at radius 3 is 2.58 bits per heavy atom. The van der Waals surface area contributed by atoms with E-state index in [1.165, 1.54) is 11.1 Å². The van der Waals surface area contributed by atoms with Gasteiger partial charge in [0.05, 0.1) is 6.04 Å². The minimum absolute atomic E-state index is 0.0845. The number of amides is 1. The van der Waals surface area contributed by atoms with Crippen LogP contribution >= 0.6 is 0 Å². The lowest BCUT2D eigenvalue weighted by atomic mass is 10.0. The molecule has 0 bridgehead atoms. The third kappa shape index (κ3) is 3.94. The fourth-order valence-corrected chi connectivity index (χ4v) is 2.69. The van der Waals surface area contributed by atoms with Crippen molar-refractivity contribution < 1.29 is 18.7 Å². The van der Waals surface area contributed by atoms with Gasteiger partial charge < -0.3 is 14.5 Å². The molecule has 26 heavy (non-hydrogen) atoms. The molecule has 134 valence electrons. The van der Waals surface area contributed by atoms with Gasteiger partial charge in [0.15, 0.2) is 6.61 Å². The van der Waals surface area contributed by atoms with E-state index in [9.17, 15) is 9.59 Å². The molecule has 2 aromatic carbocycles. The molecule has 0 aliphatic rings. The number of carbonyl (C=O) groups excluding carboxylic acids is 2. The molecular formula is C21H21NO4. The number of hydrogen-bond donors (Lipinski definition) is 1. The van der Waals surface area contributed by atoms with Crippen molar-refractivity contribution in [2.45, 2.75) is 26.8 Å². The zero-order valence-electron chi connectivity index (χ0n) is 15.0. The van der Waals surface area contributed by atoms with Crippen molar-refractivity contribution in [3.05, 3.63) is 71.0 Å². The van der Waals surface area contributed by atoms with Gasteiger partial charge in [-0.1, -0.05) is 36.4 Å². The summed E-state index contributed by atoms with van der Waals surface area (Å²) >= 11 is 0. The maximum absolute atomic E-state index is 12.1. The van der Waals surface area contributed by atoms with Gasteiger partial charge in [0.1, 0.15) is 5.58 Å². The second-order valence-corrected chi connectivity index (χ2v) is 6.36. The molecule has 0 saturated heterocycles. The van der Waals surface area contributed by atoms with E-state index in [2.05, 4.69) is 5.32 Å². The van der Waals surface area contributed by atoms with Crippen LogP contribution < -0.4 is 5.32 Å². The molecule has 3 aromatic rings. The number of nitrogens with one attached hydrogen (secondary N) is 1. The fraction of sp³-hybridized carbons (Fsp3) is 0.238. The number of furan rings is 1. The molecule has 1 heterocycles. The van der Waals surface area contributed by atoms with Gasteiger partial charge in [0.2, 0.25) is 5.76 Å². The minimum atomic E-state index is -0.657. The second-order valence-electron chi connectivity index (χ2n) is 6.36. The summed E-state index contributed by atoms with van der Waals surface area (Å²) in [6, 6.07) is 14.8. The van der Waals surface area contributed by atoms with E-state index >= 15 is 0 Å². The summed E-state index contributed by atoms with van der Waals surface area (Å²) < 4.78 is 10.5. The van der Waals surface area contributed by atoms with Gasteiger partial charge in [-0.15, -0.1) is 0 Å². The maximum Gasteiger partial charge on any atom is 0.374 e. The van der Waals surface area contributed by atoms with Gasteiger partial charge in [0, 0.05) is 5.39 Å². The van der Waals surface area contributed by atoms with Gasteiger partial charge in [-0.25, -0.2) is 4.79 Å². The number of para-hydroxylation sites is 1. The fourth-order valence-electron chi connectivity index (χ4n) is 2.69. The SMILES string of the molecule is Cc1ccc([C@@H](C)NC(=O)COC(=O)c2cc3ccccc3o2)cc1C. The van der Waals surface area contributed by atoms with E-state index in [1.807, 2.05) is 57.2 Å². The first-order valence-corrected chi connectivity index (χ1v) is 8.46. The largest absolute Gasteiger partial charge is 0.450 e. The van der Waals surface area contributed by atoms with Crippen LogP contribution in [0, 0.1) is 13.8 Å². The summed E-state index contributed by atoms with van der Waals surface area (Å²) in [5.41, 5.74) is 3.98. The third-order valence-electron chi connectivity index (χ3n) is 4.37. The lowest BCUT2D eigenvalue weighted by molar-refractivity contribution is -0.124. The summed E-state index contributed by atoms with van der Waals surface area (Å²) in [5, 5.41) is 3.64. The Kier molecular flexibility index (Phi) is 5.07. The van der Waals surface area contributed by atoms with Crippen molar-refractivity contribution in [2.24, 2.45) is 0 Å². The Labute approximate surface area is 152 Å². The Hall–Kier alpha value is -3.08. The van der Waals surface area contributed by atoms with Crippen LogP contribution in [-0.4, -0.2) is 18.5 Å². The number of aryl methyl sites for hydroxylation is 2. The number of ether oxygens (including phenoxy) is 1. The van der Waals surface area contributed by atoms with Crippen molar-refractivity contribution in [2.75, 3.05) is 6.61 Å². The normalized spacial score (nSPS) is 12.0. The summed E-state index contributed by atoms with van der Waals surface area (Å²) in [5.74, 6) is -0.934. The van der Waals surface area contributed by atoms with Crippen LogP contribution in [0.5, 0.6) is 0 Å². The van der Waals surface area contributed by atoms with E-state index in [0.29, 0.717) is 5.58 Å². The highest BCUT2D eigenvalue weighted by molar-refractivity contribution is 5.93. The zero-order chi connectivity index (χ0) is 18.7. The van der Waals surface area contributed by atoms with E-state index < -0.39 is 5.97 Å². The molecule has 0 aliphatic heterocycles. The highest BCUT2D eigenvalue weighted by atomic mass is 16.5. The molecule has 0 unspecified atom stereocenters. The molecule has 3 rings (SSSR count). The topological polar surface area (TPSA) is 68.5 Å². The van der Waals surface area contributed by atoms with Crippen LogP contribution in [0.25, 0.3) is 11.0 Å². The average Bonchev–Trinajstić information content (AvgIpc) is 3.06. The number of hydrogen-bond acceptors (Lipinski definition) is 4. The van der Waals surface area contributed by atoms with Gasteiger partial charge in [-0.2, -0.15) is 0 Å². The van der Waals surface area contributed by atoms with Crippen LogP contribution in [0.1, 0.15) is 40.2 Å². The Bertz CT molecular complexity index is 925. The lowest BCUT2D eigenvalue weighted by Gasteiger charge is -2.15. The first-order chi connectivity index (χ1) is 12.4. The van der Waals surface area contributed by atoms with Crippen molar-refractivity contribution in [3.8, 4) is 0 Å². The summed E-state index contributed by atoms with van der Waals surface area (Å²) in [6.07, 6.45) is 0. The lowest BCUT2D eigenvalue weighted by Crippen LogP contribution is -2.31. The molecule has 0 spiro atoms. The van der Waals surface area contributed by atoms with Crippen molar-refractivity contribution in [1.82, 2.24) is 5.32 Å². The van der Waals surface area contributed by atoms with Gasteiger partial charge in [-0.3, -0.25) is 4.79 Å². The van der Waals surface area contributed by atoms with Crippen LogP contribution in [-0.2, 0) is 9.53 Å². The Morgan fingerprint density at radius 2 is 1.85 bits per heavy atom. The summed E-state index contributed by atoms with van der Waals surface area (Å²) in [7, 11) is 0. The molecular weight excluding hydrogens is 330 g/mol. The summed E-state index contributed by atoms with van der Waals surface area (Å²) in [6.45, 7) is 5.61. The van der Waals surface area contributed by atoms with Crippen LogP contribution in [0.3, 0.4) is 0 Å². The predicted molar refractivity (Wildman–Crippen MR) is 99.0 cm³/mol. The van der Waals surface area contributed by atoms with Crippen molar-refractivity contribution in [1.29, 1.82) is 0 Å². The average molecular weight is 351 g/mol. The van der Waals surface area contributed by atoms with Crippen LogP contribution in [0.15, 0.2) is 52.9 Å². The minimum Gasteiger partial charge on any atom is -0.450 e. The number of rotatable bonds is 5. The molecule has 0 saturated carbocycles. The number of esters is 1. The molecule has 1 atom stereocenters. The molecule has 5 heteroatoms. The van der Waals surface area contributed by atoms with E-state index in [-0.39, 0.29) is 24.3 Å². The maximum atomic E-state index is 12.1. The number of carbonyl (C=O) groups is 2. The quantitative estimate of drug-likeness (QED) is 0.703. The molecule has 1 amide bonds. The Balaban J connectivity index is 1.56. The second kappa shape index (κ2) is 7.44. The van der Waals surface area contributed by atoms with Gasteiger partial charge in [0.25, 0.3) is 5.91 Å². The van der Waals surface area contributed by atoms with Crippen molar-refractivity contribution >= 4 is 22.8 Å². The predicted octanol–water partition coefficient (Wildman–Crippen LogP) is 4.08. The molecule has 0 aliphatic carbocycles. The zero-order valence-corrected chi connectivity index (χ0v) is 15.0. The summed E-state index contributed by atoms with van der Waals surface area (Å²) in [4.78, 5) is 24.1. The molecule has 0 fully saturated rings.